The predicted octanol–water partition coefficient (Wildman–Crippen LogP) is 2.03. The van der Waals surface area contributed by atoms with Gasteiger partial charge in [-0.3, -0.25) is 9.69 Å². The number of aliphatic imine (C=N–C) groups is 2. The van der Waals surface area contributed by atoms with Gasteiger partial charge in [0.25, 0.3) is 5.91 Å². The van der Waals surface area contributed by atoms with E-state index >= 15 is 0 Å². The molecule has 1 aliphatic carbocycles. The monoisotopic (exact) mass is 354 g/mol. The molecule has 1 saturated carbocycles. The Morgan fingerprint density at radius 2 is 1.69 bits per heavy atom. The second-order valence-corrected chi connectivity index (χ2v) is 7.33. The summed E-state index contributed by atoms with van der Waals surface area (Å²) < 4.78 is 0. The number of para-hydroxylation sites is 1. The third-order valence-corrected chi connectivity index (χ3v) is 5.62. The molecule has 2 aliphatic heterocycles. The van der Waals surface area contributed by atoms with Crippen molar-refractivity contribution >= 4 is 23.5 Å². The third-order valence-electron chi connectivity index (χ3n) is 5.62. The van der Waals surface area contributed by atoms with Crippen molar-refractivity contribution in [1.29, 1.82) is 0 Å². The van der Waals surface area contributed by atoms with Crippen molar-refractivity contribution in [3.63, 3.8) is 0 Å². The van der Waals surface area contributed by atoms with Gasteiger partial charge in [-0.1, -0.05) is 18.6 Å². The number of carbonyl (C=O) groups is 1. The number of amides is 1. The first kappa shape index (κ1) is 16.9. The van der Waals surface area contributed by atoms with Gasteiger partial charge < -0.3 is 16.4 Å². The summed E-state index contributed by atoms with van der Waals surface area (Å²) in [5, 5.41) is 0. The number of hydrogen-bond donors (Lipinski definition) is 2. The molecule has 0 aromatic heterocycles. The summed E-state index contributed by atoms with van der Waals surface area (Å²) in [6.45, 7) is 1.62. The van der Waals surface area contributed by atoms with E-state index in [4.69, 9.17) is 16.5 Å². The van der Waals surface area contributed by atoms with Gasteiger partial charge in [-0.15, -0.1) is 0 Å². The molecule has 7 nitrogen and oxygen atoms in total. The summed E-state index contributed by atoms with van der Waals surface area (Å²) in [5.74, 6) is 0.601. The van der Waals surface area contributed by atoms with Crippen LogP contribution >= 0.6 is 0 Å². The average molecular weight is 354 g/mol. The van der Waals surface area contributed by atoms with E-state index in [1.54, 1.807) is 0 Å². The van der Waals surface area contributed by atoms with Crippen LogP contribution in [0.4, 0.5) is 5.69 Å². The maximum Gasteiger partial charge on any atom is 0.255 e. The number of likely N-dealkylation sites (tertiary alicyclic amines) is 1. The lowest BCUT2D eigenvalue weighted by Crippen LogP contribution is -2.58. The van der Waals surface area contributed by atoms with Crippen LogP contribution in [0.1, 0.15) is 55.3 Å². The van der Waals surface area contributed by atoms with Crippen LogP contribution in [0.25, 0.3) is 0 Å². The Bertz CT molecular complexity index is 759. The molecule has 1 spiro atoms. The molecule has 0 atom stereocenters. The zero-order valence-electron chi connectivity index (χ0n) is 15.0. The summed E-state index contributed by atoms with van der Waals surface area (Å²) >= 11 is 0. The summed E-state index contributed by atoms with van der Waals surface area (Å²) in [7, 11) is 0. The lowest BCUT2D eigenvalue weighted by Gasteiger charge is -2.46. The van der Waals surface area contributed by atoms with Crippen LogP contribution < -0.4 is 16.4 Å². The predicted molar refractivity (Wildman–Crippen MR) is 103 cm³/mol. The molecule has 4 N–H and O–H groups in total. The number of nitrogens with zero attached hydrogens (tertiary/aromatic N) is 4. The molecule has 26 heavy (non-hydrogen) atoms. The zero-order valence-corrected chi connectivity index (χ0v) is 15.0. The Hall–Kier alpha value is -2.57. The maximum absolute atomic E-state index is 13.1. The van der Waals surface area contributed by atoms with E-state index in [-0.39, 0.29) is 11.9 Å². The van der Waals surface area contributed by atoms with Gasteiger partial charge in [-0.25, -0.2) is 4.99 Å². The van der Waals surface area contributed by atoms with E-state index < -0.39 is 5.66 Å². The molecule has 0 bridgehead atoms. The minimum atomic E-state index is -0.532. The molecular formula is C19H26N6O. The van der Waals surface area contributed by atoms with Crippen molar-refractivity contribution in [2.75, 3.05) is 18.0 Å². The van der Waals surface area contributed by atoms with Gasteiger partial charge in [0.05, 0.1) is 11.3 Å². The largest absolute Gasteiger partial charge is 0.369 e. The first-order valence-corrected chi connectivity index (χ1v) is 9.49. The molecule has 0 unspecified atom stereocenters. The van der Waals surface area contributed by atoms with Crippen molar-refractivity contribution in [3.8, 4) is 0 Å². The molecule has 3 aliphatic rings. The van der Waals surface area contributed by atoms with E-state index in [1.165, 1.54) is 6.42 Å². The summed E-state index contributed by atoms with van der Waals surface area (Å²) in [5.41, 5.74) is 13.2. The number of nitrogens with two attached hydrogens (primary N) is 2. The Balaban J connectivity index is 1.78. The molecule has 2 heterocycles. The highest BCUT2D eigenvalue weighted by atomic mass is 16.2. The molecular weight excluding hydrogens is 328 g/mol. The fourth-order valence-corrected chi connectivity index (χ4v) is 4.41. The van der Waals surface area contributed by atoms with Crippen molar-refractivity contribution in [3.05, 3.63) is 29.8 Å². The average Bonchev–Trinajstić information content (AvgIpc) is 3.16. The standard InChI is InChI=1S/C19H26N6O/c20-17-22-18(21)25(19(23-17)10-4-1-5-11-19)15-9-3-2-8-14(15)16(26)24-12-6-7-13-24/h2-3,8-9H,1,4-7,10-13H2,(H4,20,21,22,23). The van der Waals surface area contributed by atoms with Gasteiger partial charge in [-0.05, 0) is 50.7 Å². The van der Waals surface area contributed by atoms with Crippen LogP contribution in [0.5, 0.6) is 0 Å². The van der Waals surface area contributed by atoms with Crippen LogP contribution in [0.2, 0.25) is 0 Å². The highest BCUT2D eigenvalue weighted by molar-refractivity contribution is 6.10. The molecule has 1 aromatic rings. The molecule has 0 radical (unpaired) electrons. The number of carbonyl (C=O) groups excluding carboxylic acids is 1. The minimum Gasteiger partial charge on any atom is -0.369 e. The van der Waals surface area contributed by atoms with Crippen LogP contribution in [-0.4, -0.2) is 41.5 Å². The highest BCUT2D eigenvalue weighted by Crippen LogP contribution is 2.40. The summed E-state index contributed by atoms with van der Waals surface area (Å²) in [4.78, 5) is 25.9. The van der Waals surface area contributed by atoms with Crippen molar-refractivity contribution in [2.45, 2.75) is 50.6 Å². The SMILES string of the molecule is NC1=NC2(CCCCC2)N(c2ccccc2C(=O)N2CCCC2)C(N)=N1. The van der Waals surface area contributed by atoms with Gasteiger partial charge in [0, 0.05) is 13.1 Å². The smallest absolute Gasteiger partial charge is 0.255 e. The number of anilines is 1. The minimum absolute atomic E-state index is 0.0550. The van der Waals surface area contributed by atoms with Gasteiger partial charge in [-0.2, -0.15) is 4.99 Å². The number of benzene rings is 1. The van der Waals surface area contributed by atoms with E-state index in [1.807, 2.05) is 34.1 Å². The molecule has 4 rings (SSSR count). The first-order chi connectivity index (χ1) is 12.6. The molecule has 1 aromatic carbocycles. The molecule has 7 heteroatoms. The van der Waals surface area contributed by atoms with E-state index in [2.05, 4.69) is 4.99 Å². The zero-order chi connectivity index (χ0) is 18.1. The quantitative estimate of drug-likeness (QED) is 0.848. The lowest BCUT2D eigenvalue weighted by atomic mass is 9.87. The molecule has 1 saturated heterocycles. The molecule has 2 fully saturated rings. The van der Waals surface area contributed by atoms with E-state index in [0.717, 1.165) is 57.3 Å². The normalized spacial score (nSPS) is 22.3. The van der Waals surface area contributed by atoms with Crippen molar-refractivity contribution in [1.82, 2.24) is 4.90 Å². The number of rotatable bonds is 2. The van der Waals surface area contributed by atoms with Crippen LogP contribution in [0.15, 0.2) is 34.3 Å². The van der Waals surface area contributed by atoms with Crippen LogP contribution in [0.3, 0.4) is 0 Å². The van der Waals surface area contributed by atoms with Crippen molar-refractivity contribution in [2.24, 2.45) is 21.5 Å². The number of guanidine groups is 2. The van der Waals surface area contributed by atoms with Gasteiger partial charge in [0.15, 0.2) is 0 Å². The topological polar surface area (TPSA) is 100 Å². The molecule has 138 valence electrons. The Morgan fingerprint density at radius 3 is 2.42 bits per heavy atom. The van der Waals surface area contributed by atoms with Crippen LogP contribution in [0, 0.1) is 0 Å². The fraction of sp³-hybridized carbons (Fsp3) is 0.526. The lowest BCUT2D eigenvalue weighted by molar-refractivity contribution is 0.0793. The highest BCUT2D eigenvalue weighted by Gasteiger charge is 2.43. The fourth-order valence-electron chi connectivity index (χ4n) is 4.41. The Morgan fingerprint density at radius 1 is 1.00 bits per heavy atom. The summed E-state index contributed by atoms with van der Waals surface area (Å²) in [6.07, 6.45) is 7.13. The van der Waals surface area contributed by atoms with Crippen LogP contribution in [-0.2, 0) is 0 Å². The Labute approximate surface area is 153 Å². The first-order valence-electron chi connectivity index (χ1n) is 9.49. The number of hydrogen-bond acceptors (Lipinski definition) is 6. The summed E-state index contributed by atoms with van der Waals surface area (Å²) in [6, 6.07) is 7.65. The molecule has 1 amide bonds. The van der Waals surface area contributed by atoms with E-state index in [9.17, 15) is 4.79 Å². The maximum atomic E-state index is 13.1. The third kappa shape index (κ3) is 2.81. The second kappa shape index (κ2) is 6.63. The van der Waals surface area contributed by atoms with Gasteiger partial charge in [0.2, 0.25) is 11.9 Å². The Kier molecular flexibility index (Phi) is 4.30. The van der Waals surface area contributed by atoms with Crippen molar-refractivity contribution < 1.29 is 4.79 Å². The van der Waals surface area contributed by atoms with Gasteiger partial charge in [0.1, 0.15) is 5.66 Å². The van der Waals surface area contributed by atoms with Gasteiger partial charge >= 0.3 is 0 Å². The second-order valence-electron chi connectivity index (χ2n) is 7.33. The van der Waals surface area contributed by atoms with E-state index in [0.29, 0.717) is 11.5 Å².